The van der Waals surface area contributed by atoms with Gasteiger partial charge < -0.3 is 10.1 Å². The van der Waals surface area contributed by atoms with Crippen LogP contribution >= 0.6 is 0 Å². The monoisotopic (exact) mass is 247 g/mol. The highest BCUT2D eigenvalue weighted by Crippen LogP contribution is 2.16. The number of aryl methyl sites for hydroxylation is 1. The topological polar surface area (TPSA) is 38.3 Å². The highest BCUT2D eigenvalue weighted by atomic mass is 16.5. The molecule has 0 radical (unpaired) electrons. The van der Waals surface area contributed by atoms with Crippen LogP contribution in [0.4, 0.5) is 0 Å². The van der Waals surface area contributed by atoms with Gasteiger partial charge in [-0.3, -0.25) is 4.79 Å². The first-order valence-electron chi connectivity index (χ1n) is 6.19. The van der Waals surface area contributed by atoms with Crippen molar-refractivity contribution >= 4 is 5.91 Å². The van der Waals surface area contributed by atoms with Crippen molar-refractivity contribution in [2.75, 3.05) is 13.2 Å². The van der Waals surface area contributed by atoms with E-state index in [9.17, 15) is 4.79 Å². The Kier molecular flexibility index (Phi) is 5.98. The first-order chi connectivity index (χ1) is 8.59. The normalized spacial score (nSPS) is 9.89. The van der Waals surface area contributed by atoms with Crippen LogP contribution in [0.2, 0.25) is 0 Å². The molecular formula is C15H21NO2. The molecule has 1 amide bonds. The predicted molar refractivity (Wildman–Crippen MR) is 73.7 cm³/mol. The zero-order chi connectivity index (χ0) is 13.4. The molecule has 1 rings (SSSR count). The molecule has 0 fully saturated rings. The lowest BCUT2D eigenvalue weighted by Crippen LogP contribution is -2.24. The molecule has 0 aromatic heterocycles. The smallest absolute Gasteiger partial charge is 0.220 e. The average molecular weight is 247 g/mol. The molecule has 1 N–H and O–H groups in total. The third-order valence-corrected chi connectivity index (χ3v) is 2.49. The van der Waals surface area contributed by atoms with Gasteiger partial charge in [-0.2, -0.15) is 0 Å². The molecule has 0 atom stereocenters. The summed E-state index contributed by atoms with van der Waals surface area (Å²) in [7, 11) is 0. The highest BCUT2D eigenvalue weighted by Gasteiger charge is 2.02. The minimum atomic E-state index is 0.0476. The summed E-state index contributed by atoms with van der Waals surface area (Å²) in [6, 6.07) is 7.88. The Balaban J connectivity index is 2.17. The maximum Gasteiger partial charge on any atom is 0.220 e. The second kappa shape index (κ2) is 7.54. The van der Waals surface area contributed by atoms with Crippen LogP contribution in [-0.2, 0) is 4.79 Å². The summed E-state index contributed by atoms with van der Waals surface area (Å²) < 4.78 is 5.62. The van der Waals surface area contributed by atoms with Gasteiger partial charge in [0.1, 0.15) is 5.75 Å². The molecule has 0 saturated heterocycles. The van der Waals surface area contributed by atoms with Crippen LogP contribution in [0.1, 0.15) is 25.3 Å². The standard InChI is InChI=1S/C15H21NO2/c1-12(2)11-16-15(17)9-6-10-18-14-8-5-4-7-13(14)3/h4-5,7-8H,1,6,9-11H2,2-3H3,(H,16,17). The van der Waals surface area contributed by atoms with Gasteiger partial charge in [-0.1, -0.05) is 30.4 Å². The molecule has 0 bridgehead atoms. The van der Waals surface area contributed by atoms with E-state index in [1.54, 1.807) is 0 Å². The summed E-state index contributed by atoms with van der Waals surface area (Å²) in [6.45, 7) is 8.75. The van der Waals surface area contributed by atoms with Gasteiger partial charge in [-0.05, 0) is 31.9 Å². The van der Waals surface area contributed by atoms with E-state index >= 15 is 0 Å². The van der Waals surface area contributed by atoms with E-state index in [2.05, 4.69) is 11.9 Å². The van der Waals surface area contributed by atoms with Crippen molar-refractivity contribution in [3.63, 3.8) is 0 Å². The molecule has 3 nitrogen and oxygen atoms in total. The number of carbonyl (C=O) groups excluding carboxylic acids is 1. The summed E-state index contributed by atoms with van der Waals surface area (Å²) in [4.78, 5) is 11.4. The second-order valence-electron chi connectivity index (χ2n) is 4.45. The molecule has 3 heteroatoms. The predicted octanol–water partition coefficient (Wildman–Crippen LogP) is 2.85. The van der Waals surface area contributed by atoms with E-state index in [0.29, 0.717) is 19.6 Å². The largest absolute Gasteiger partial charge is 0.493 e. The summed E-state index contributed by atoms with van der Waals surface area (Å²) in [6.07, 6.45) is 1.20. The first-order valence-corrected chi connectivity index (χ1v) is 6.19. The van der Waals surface area contributed by atoms with Crippen LogP contribution in [0.25, 0.3) is 0 Å². The Morgan fingerprint density at radius 2 is 2.11 bits per heavy atom. The maximum absolute atomic E-state index is 11.4. The van der Waals surface area contributed by atoms with Crippen molar-refractivity contribution in [1.29, 1.82) is 0 Å². The molecule has 0 aliphatic rings. The summed E-state index contributed by atoms with van der Waals surface area (Å²) in [5.74, 6) is 0.936. The summed E-state index contributed by atoms with van der Waals surface area (Å²) in [5.41, 5.74) is 2.07. The highest BCUT2D eigenvalue weighted by molar-refractivity contribution is 5.76. The molecule has 0 saturated carbocycles. The van der Waals surface area contributed by atoms with E-state index in [0.717, 1.165) is 23.3 Å². The number of rotatable bonds is 7. The number of hydrogen-bond acceptors (Lipinski definition) is 2. The van der Waals surface area contributed by atoms with Gasteiger partial charge in [0.2, 0.25) is 5.91 Å². The lowest BCUT2D eigenvalue weighted by atomic mass is 10.2. The second-order valence-corrected chi connectivity index (χ2v) is 4.45. The number of para-hydroxylation sites is 1. The minimum absolute atomic E-state index is 0.0476. The van der Waals surface area contributed by atoms with Crippen molar-refractivity contribution in [2.24, 2.45) is 0 Å². The minimum Gasteiger partial charge on any atom is -0.493 e. The molecule has 0 spiro atoms. The molecule has 0 unspecified atom stereocenters. The van der Waals surface area contributed by atoms with Crippen molar-refractivity contribution < 1.29 is 9.53 Å². The van der Waals surface area contributed by atoms with E-state index < -0.39 is 0 Å². The molecular weight excluding hydrogens is 226 g/mol. The van der Waals surface area contributed by atoms with Gasteiger partial charge in [0.25, 0.3) is 0 Å². The maximum atomic E-state index is 11.4. The summed E-state index contributed by atoms with van der Waals surface area (Å²) in [5, 5.41) is 2.80. The average Bonchev–Trinajstić information content (AvgIpc) is 2.34. The Morgan fingerprint density at radius 3 is 2.78 bits per heavy atom. The van der Waals surface area contributed by atoms with Gasteiger partial charge in [-0.25, -0.2) is 0 Å². The fourth-order valence-corrected chi connectivity index (χ4v) is 1.47. The Hall–Kier alpha value is -1.77. The van der Waals surface area contributed by atoms with Gasteiger partial charge in [-0.15, -0.1) is 0 Å². The lowest BCUT2D eigenvalue weighted by molar-refractivity contribution is -0.121. The van der Waals surface area contributed by atoms with E-state index in [4.69, 9.17) is 4.74 Å². The van der Waals surface area contributed by atoms with Crippen LogP contribution in [0.5, 0.6) is 5.75 Å². The van der Waals surface area contributed by atoms with Crippen LogP contribution in [-0.4, -0.2) is 19.1 Å². The van der Waals surface area contributed by atoms with E-state index in [1.807, 2.05) is 38.1 Å². The van der Waals surface area contributed by atoms with Crippen LogP contribution in [0, 0.1) is 6.92 Å². The number of amides is 1. The van der Waals surface area contributed by atoms with Crippen LogP contribution < -0.4 is 10.1 Å². The molecule has 98 valence electrons. The Morgan fingerprint density at radius 1 is 1.39 bits per heavy atom. The molecule has 0 heterocycles. The number of ether oxygens (including phenoxy) is 1. The summed E-state index contributed by atoms with van der Waals surface area (Å²) >= 11 is 0. The number of nitrogens with one attached hydrogen (secondary N) is 1. The molecule has 0 aliphatic carbocycles. The van der Waals surface area contributed by atoms with Crippen molar-refractivity contribution in [3.05, 3.63) is 42.0 Å². The first kappa shape index (κ1) is 14.3. The molecule has 1 aromatic rings. The third kappa shape index (κ3) is 5.53. The third-order valence-electron chi connectivity index (χ3n) is 2.49. The van der Waals surface area contributed by atoms with Gasteiger partial charge in [0, 0.05) is 13.0 Å². The van der Waals surface area contributed by atoms with Gasteiger partial charge >= 0.3 is 0 Å². The van der Waals surface area contributed by atoms with Gasteiger partial charge in [0.05, 0.1) is 6.61 Å². The SMILES string of the molecule is C=C(C)CNC(=O)CCCOc1ccccc1C. The van der Waals surface area contributed by atoms with Crippen molar-refractivity contribution in [3.8, 4) is 5.75 Å². The van der Waals surface area contributed by atoms with Crippen molar-refractivity contribution in [2.45, 2.75) is 26.7 Å². The Bertz CT molecular complexity index is 413. The zero-order valence-electron chi connectivity index (χ0n) is 11.2. The van der Waals surface area contributed by atoms with Crippen molar-refractivity contribution in [1.82, 2.24) is 5.32 Å². The van der Waals surface area contributed by atoms with Crippen LogP contribution in [0.15, 0.2) is 36.4 Å². The fourth-order valence-electron chi connectivity index (χ4n) is 1.47. The molecule has 0 aliphatic heterocycles. The zero-order valence-corrected chi connectivity index (χ0v) is 11.2. The fraction of sp³-hybridized carbons (Fsp3) is 0.400. The van der Waals surface area contributed by atoms with E-state index in [-0.39, 0.29) is 5.91 Å². The lowest BCUT2D eigenvalue weighted by Gasteiger charge is -2.08. The van der Waals surface area contributed by atoms with E-state index in [1.165, 1.54) is 0 Å². The quantitative estimate of drug-likeness (QED) is 0.594. The molecule has 18 heavy (non-hydrogen) atoms. The van der Waals surface area contributed by atoms with Crippen LogP contribution in [0.3, 0.4) is 0 Å². The number of benzene rings is 1. The van der Waals surface area contributed by atoms with Gasteiger partial charge in [0.15, 0.2) is 0 Å². The number of carbonyl (C=O) groups is 1. The number of hydrogen-bond donors (Lipinski definition) is 1. The Labute approximate surface area is 109 Å². The molecule has 1 aromatic carbocycles.